The Morgan fingerprint density at radius 3 is 2.33 bits per heavy atom. The van der Waals surface area contributed by atoms with E-state index in [0.29, 0.717) is 0 Å². The van der Waals surface area contributed by atoms with Crippen LogP contribution in [-0.2, 0) is 14.3 Å². The van der Waals surface area contributed by atoms with E-state index in [2.05, 4.69) is 4.74 Å². The van der Waals surface area contributed by atoms with Gasteiger partial charge in [-0.3, -0.25) is 9.59 Å². The summed E-state index contributed by atoms with van der Waals surface area (Å²) in [5, 5.41) is 0. The normalized spacial score (nSPS) is 24.4. The van der Waals surface area contributed by atoms with Crippen LogP contribution in [0.1, 0.15) is 12.8 Å². The maximum Gasteiger partial charge on any atom is 0.389 e. The molecule has 1 saturated heterocycles. The number of halogens is 3. The quantitative estimate of drug-likeness (QED) is 0.449. The summed E-state index contributed by atoms with van der Waals surface area (Å²) < 4.78 is 39.0. The molecule has 1 aliphatic heterocycles. The lowest BCUT2D eigenvalue weighted by atomic mass is 10.0. The first-order chi connectivity index (χ1) is 5.38. The van der Waals surface area contributed by atoms with E-state index in [1.165, 1.54) is 0 Å². The highest BCUT2D eigenvalue weighted by atomic mass is 19.4. The van der Waals surface area contributed by atoms with Crippen molar-refractivity contribution in [2.24, 2.45) is 5.92 Å². The lowest BCUT2D eigenvalue weighted by Gasteiger charge is -2.07. The second-order valence-corrected chi connectivity index (χ2v) is 2.51. The number of ether oxygens (including phenoxy) is 1. The van der Waals surface area contributed by atoms with Gasteiger partial charge in [-0.15, -0.1) is 0 Å². The predicted octanol–water partition coefficient (Wildman–Crippen LogP) is 1.03. The molecule has 1 aliphatic rings. The van der Waals surface area contributed by atoms with Crippen LogP contribution in [0.5, 0.6) is 0 Å². The van der Waals surface area contributed by atoms with Gasteiger partial charge in [0.1, 0.15) is 0 Å². The molecule has 0 saturated carbocycles. The van der Waals surface area contributed by atoms with Gasteiger partial charge in [0.15, 0.2) is 0 Å². The molecule has 1 unspecified atom stereocenters. The van der Waals surface area contributed by atoms with E-state index < -0.39 is 36.9 Å². The van der Waals surface area contributed by atoms with Gasteiger partial charge in [0.25, 0.3) is 0 Å². The third-order valence-corrected chi connectivity index (χ3v) is 1.44. The van der Waals surface area contributed by atoms with Crippen molar-refractivity contribution < 1.29 is 27.5 Å². The van der Waals surface area contributed by atoms with E-state index in [1.807, 2.05) is 0 Å². The fourth-order valence-corrected chi connectivity index (χ4v) is 0.957. The SMILES string of the molecule is O=C1CC(CC(F)(F)F)C(=O)O1. The molecule has 0 amide bonds. The van der Waals surface area contributed by atoms with Crippen molar-refractivity contribution in [3.63, 3.8) is 0 Å². The smallest absolute Gasteiger partial charge is 0.389 e. The standard InChI is InChI=1S/C6H5F3O3/c7-6(8,9)2-3-1-4(10)12-5(3)11/h3H,1-2H2. The Bertz CT molecular complexity index is 221. The first-order valence-electron chi connectivity index (χ1n) is 3.20. The lowest BCUT2D eigenvalue weighted by Crippen LogP contribution is -2.18. The highest BCUT2D eigenvalue weighted by molar-refractivity contribution is 5.94. The molecule has 12 heavy (non-hydrogen) atoms. The summed E-state index contributed by atoms with van der Waals surface area (Å²) in [5.41, 5.74) is 0. The summed E-state index contributed by atoms with van der Waals surface area (Å²) in [6.07, 6.45) is -6.16. The van der Waals surface area contributed by atoms with Gasteiger partial charge >= 0.3 is 18.1 Å². The molecule has 0 aromatic heterocycles. The Hall–Kier alpha value is -1.07. The zero-order chi connectivity index (χ0) is 9.35. The molecule has 0 aromatic carbocycles. The van der Waals surface area contributed by atoms with Crippen LogP contribution >= 0.6 is 0 Å². The third-order valence-electron chi connectivity index (χ3n) is 1.44. The average molecular weight is 182 g/mol. The minimum atomic E-state index is -4.42. The Kier molecular flexibility index (Phi) is 2.08. The summed E-state index contributed by atoms with van der Waals surface area (Å²) >= 11 is 0. The van der Waals surface area contributed by atoms with Crippen LogP contribution in [0.15, 0.2) is 0 Å². The molecule has 1 heterocycles. The van der Waals surface area contributed by atoms with Crippen LogP contribution in [0.2, 0.25) is 0 Å². The molecule has 1 atom stereocenters. The van der Waals surface area contributed by atoms with Crippen molar-refractivity contribution >= 4 is 11.9 Å². The number of alkyl halides is 3. The van der Waals surface area contributed by atoms with Gasteiger partial charge in [-0.2, -0.15) is 13.2 Å². The molecule has 0 N–H and O–H groups in total. The second-order valence-electron chi connectivity index (χ2n) is 2.51. The summed E-state index contributed by atoms with van der Waals surface area (Å²) in [6.45, 7) is 0. The first kappa shape index (κ1) is 9.02. The second kappa shape index (κ2) is 2.76. The predicted molar refractivity (Wildman–Crippen MR) is 29.9 cm³/mol. The van der Waals surface area contributed by atoms with E-state index in [9.17, 15) is 22.8 Å². The molecule has 6 heteroatoms. The number of esters is 2. The zero-order valence-corrected chi connectivity index (χ0v) is 5.85. The molecule has 0 radical (unpaired) electrons. The molecule has 1 fully saturated rings. The van der Waals surface area contributed by atoms with Crippen molar-refractivity contribution in [2.75, 3.05) is 0 Å². The van der Waals surface area contributed by atoms with Crippen LogP contribution in [0.25, 0.3) is 0 Å². The van der Waals surface area contributed by atoms with Gasteiger partial charge in [-0.25, -0.2) is 0 Å². The molecule has 0 spiro atoms. The van der Waals surface area contributed by atoms with Crippen LogP contribution in [0.4, 0.5) is 13.2 Å². The number of rotatable bonds is 1. The largest absolute Gasteiger partial charge is 0.393 e. The van der Waals surface area contributed by atoms with Gasteiger partial charge in [-0.05, 0) is 0 Å². The number of hydrogen-bond donors (Lipinski definition) is 0. The maximum absolute atomic E-state index is 11.7. The fraction of sp³-hybridized carbons (Fsp3) is 0.667. The van der Waals surface area contributed by atoms with Gasteiger partial charge in [-0.1, -0.05) is 0 Å². The van der Waals surface area contributed by atoms with Gasteiger partial charge < -0.3 is 4.74 Å². The lowest BCUT2D eigenvalue weighted by molar-refractivity contribution is -0.162. The average Bonchev–Trinajstić information content (AvgIpc) is 2.06. The van der Waals surface area contributed by atoms with Crippen molar-refractivity contribution in [2.45, 2.75) is 19.0 Å². The molecule has 3 nitrogen and oxygen atoms in total. The maximum atomic E-state index is 11.7. The Balaban J connectivity index is 2.54. The summed E-state index contributed by atoms with van der Waals surface area (Å²) in [5.74, 6) is -3.29. The number of carbonyl (C=O) groups excluding carboxylic acids is 2. The Morgan fingerprint density at radius 1 is 1.42 bits per heavy atom. The Morgan fingerprint density at radius 2 is 2.00 bits per heavy atom. The van der Waals surface area contributed by atoms with E-state index in [0.717, 1.165) is 0 Å². The number of cyclic esters (lactones) is 2. The zero-order valence-electron chi connectivity index (χ0n) is 5.85. The summed E-state index contributed by atoms with van der Waals surface area (Å²) in [7, 11) is 0. The molecule has 1 rings (SSSR count). The van der Waals surface area contributed by atoms with Crippen LogP contribution in [0.3, 0.4) is 0 Å². The highest BCUT2D eigenvalue weighted by Crippen LogP contribution is 2.30. The monoisotopic (exact) mass is 182 g/mol. The number of hydrogen-bond acceptors (Lipinski definition) is 3. The van der Waals surface area contributed by atoms with Gasteiger partial charge in [0.2, 0.25) is 0 Å². The van der Waals surface area contributed by atoms with Crippen LogP contribution < -0.4 is 0 Å². The van der Waals surface area contributed by atoms with Crippen molar-refractivity contribution in [3.8, 4) is 0 Å². The van der Waals surface area contributed by atoms with Crippen LogP contribution in [0, 0.1) is 5.92 Å². The first-order valence-corrected chi connectivity index (χ1v) is 3.20. The minimum Gasteiger partial charge on any atom is -0.393 e. The number of carbonyl (C=O) groups is 2. The molecular formula is C6H5F3O3. The van der Waals surface area contributed by atoms with E-state index in [4.69, 9.17) is 0 Å². The minimum absolute atomic E-state index is 0.460. The molecule has 68 valence electrons. The topological polar surface area (TPSA) is 43.4 Å². The van der Waals surface area contributed by atoms with Crippen molar-refractivity contribution in [1.29, 1.82) is 0 Å². The Labute approximate surface area is 65.5 Å². The fourth-order valence-electron chi connectivity index (χ4n) is 0.957. The van der Waals surface area contributed by atoms with E-state index in [1.54, 1.807) is 0 Å². The molecular weight excluding hydrogens is 177 g/mol. The third kappa shape index (κ3) is 2.21. The van der Waals surface area contributed by atoms with E-state index >= 15 is 0 Å². The van der Waals surface area contributed by atoms with Crippen LogP contribution in [-0.4, -0.2) is 18.1 Å². The van der Waals surface area contributed by atoms with Gasteiger partial charge in [0.05, 0.1) is 18.8 Å². The molecule has 0 aliphatic carbocycles. The summed E-state index contributed by atoms with van der Waals surface area (Å²) in [4.78, 5) is 20.9. The molecule has 0 bridgehead atoms. The van der Waals surface area contributed by atoms with Crippen molar-refractivity contribution in [1.82, 2.24) is 0 Å². The van der Waals surface area contributed by atoms with Crippen molar-refractivity contribution in [3.05, 3.63) is 0 Å². The van der Waals surface area contributed by atoms with E-state index in [-0.39, 0.29) is 0 Å². The van der Waals surface area contributed by atoms with Gasteiger partial charge in [0, 0.05) is 0 Å². The summed E-state index contributed by atoms with van der Waals surface area (Å²) in [6, 6.07) is 0. The molecule has 0 aromatic rings. The highest BCUT2D eigenvalue weighted by Gasteiger charge is 2.41.